The van der Waals surface area contributed by atoms with Gasteiger partial charge in [0.25, 0.3) is 5.56 Å². The number of aromatic carboxylic acids is 1. The molecule has 0 spiro atoms. The van der Waals surface area contributed by atoms with Gasteiger partial charge in [0.2, 0.25) is 0 Å². The van der Waals surface area contributed by atoms with Crippen LogP contribution in [-0.2, 0) is 0 Å². The first-order valence-corrected chi connectivity index (χ1v) is 13.1. The zero-order valence-corrected chi connectivity index (χ0v) is 22.3. The number of halogens is 2. The summed E-state index contributed by atoms with van der Waals surface area (Å²) in [6, 6.07) is 8.80. The number of carboxylic acids is 1. The van der Waals surface area contributed by atoms with Gasteiger partial charge in [0.1, 0.15) is 17.4 Å². The molecule has 38 heavy (non-hydrogen) atoms. The number of rotatable bonds is 8. The van der Waals surface area contributed by atoms with Gasteiger partial charge in [-0.2, -0.15) is 0 Å². The number of carboxylic acid groups (broad SMARTS) is 1. The zero-order chi connectivity index (χ0) is 27.6. The van der Waals surface area contributed by atoms with Crippen LogP contribution < -0.4 is 20.9 Å². The molecular formula is C28H32ClFN3O5+. The van der Waals surface area contributed by atoms with Gasteiger partial charge >= 0.3 is 11.7 Å². The Morgan fingerprint density at radius 1 is 1.29 bits per heavy atom. The lowest BCUT2D eigenvalue weighted by molar-refractivity contribution is -0.939. The Hall–Kier alpha value is -3.43. The average molecular weight is 545 g/mol. The lowest BCUT2D eigenvalue weighted by Crippen LogP contribution is -3.14. The minimum atomic E-state index is -1.30. The normalized spacial score (nSPS) is 18.4. The fourth-order valence-electron chi connectivity index (χ4n) is 5.22. The smallest absolute Gasteiger partial charge is 0.339 e. The molecular weight excluding hydrogens is 513 g/mol. The molecule has 10 heteroatoms. The molecule has 1 saturated heterocycles. The standard InChI is InChI=1S/C28H31ClFN3O5/c1-16(2)12-23(32-11-5-7-19(15-32)33-14-17(3)26(34)31-28(33)37)21-9-10-22(27(35)36)25(24(21)30)38-20-8-4-6-18(29)13-20/h4,6,8-10,13-14,16,19,23H,5,7,11-12,15H2,1-3H3,(H,35,36)(H,31,34,37)/p+1/t19-,23-/m0/s1. The van der Waals surface area contributed by atoms with E-state index in [2.05, 4.69) is 18.8 Å². The summed E-state index contributed by atoms with van der Waals surface area (Å²) in [5.41, 5.74) is -0.329. The lowest BCUT2D eigenvalue weighted by Gasteiger charge is -2.37. The Morgan fingerprint density at radius 2 is 2.05 bits per heavy atom. The molecule has 0 aliphatic carbocycles. The van der Waals surface area contributed by atoms with Crippen LogP contribution in [0.4, 0.5) is 4.39 Å². The molecule has 1 aromatic heterocycles. The number of ether oxygens (including phenoxy) is 1. The number of carbonyl (C=O) groups is 1. The van der Waals surface area contributed by atoms with E-state index < -0.39 is 23.0 Å². The SMILES string of the molecule is Cc1cn([C@H]2CCC[NH+]([C@@H](CC(C)C)c3ccc(C(=O)O)c(Oc4cccc(Cl)c4)c3F)C2)c(=O)[nH]c1=O. The molecule has 0 bridgehead atoms. The van der Waals surface area contributed by atoms with Gasteiger partial charge in [-0.3, -0.25) is 14.3 Å². The number of piperidine rings is 1. The zero-order valence-electron chi connectivity index (χ0n) is 21.6. The van der Waals surface area contributed by atoms with E-state index in [4.69, 9.17) is 16.3 Å². The summed E-state index contributed by atoms with van der Waals surface area (Å²) in [6.07, 6.45) is 3.79. The van der Waals surface area contributed by atoms with Gasteiger partial charge in [-0.25, -0.2) is 14.0 Å². The summed E-state index contributed by atoms with van der Waals surface area (Å²) in [6.45, 7) is 7.07. The Morgan fingerprint density at radius 3 is 2.74 bits per heavy atom. The number of nitrogens with one attached hydrogen (secondary N) is 2. The van der Waals surface area contributed by atoms with E-state index in [9.17, 15) is 19.5 Å². The molecule has 0 amide bonds. The Labute approximate surface area is 224 Å². The molecule has 1 fully saturated rings. The van der Waals surface area contributed by atoms with Crippen LogP contribution in [0.25, 0.3) is 0 Å². The van der Waals surface area contributed by atoms with Crippen LogP contribution in [0.3, 0.4) is 0 Å². The van der Waals surface area contributed by atoms with Gasteiger partial charge < -0.3 is 14.7 Å². The topological polar surface area (TPSA) is 106 Å². The Bertz CT molecular complexity index is 1450. The van der Waals surface area contributed by atoms with E-state index in [1.165, 1.54) is 18.2 Å². The number of aromatic amines is 1. The molecule has 8 nitrogen and oxygen atoms in total. The van der Waals surface area contributed by atoms with Crippen molar-refractivity contribution < 1.29 is 23.9 Å². The average Bonchev–Trinajstić information content (AvgIpc) is 2.86. The van der Waals surface area contributed by atoms with E-state index in [1.807, 2.05) is 0 Å². The van der Waals surface area contributed by atoms with Crippen LogP contribution in [0.1, 0.15) is 66.7 Å². The second kappa shape index (κ2) is 11.5. The highest BCUT2D eigenvalue weighted by molar-refractivity contribution is 6.30. The van der Waals surface area contributed by atoms with Crippen LogP contribution in [0, 0.1) is 18.7 Å². The predicted octanol–water partition coefficient (Wildman–Crippen LogP) is 4.14. The Kier molecular flexibility index (Phi) is 8.38. The number of likely N-dealkylation sites (tertiary alicyclic amines) is 1. The molecule has 1 unspecified atom stereocenters. The molecule has 1 aliphatic heterocycles. The van der Waals surface area contributed by atoms with E-state index in [1.54, 1.807) is 35.9 Å². The number of H-pyrrole nitrogens is 1. The van der Waals surface area contributed by atoms with E-state index in [0.717, 1.165) is 24.3 Å². The third-order valence-electron chi connectivity index (χ3n) is 7.02. The van der Waals surface area contributed by atoms with Crippen molar-refractivity contribution in [2.45, 2.75) is 52.1 Å². The van der Waals surface area contributed by atoms with Crippen LogP contribution >= 0.6 is 11.6 Å². The number of aryl methyl sites for hydroxylation is 1. The van der Waals surface area contributed by atoms with E-state index in [0.29, 0.717) is 29.1 Å². The van der Waals surface area contributed by atoms with Crippen molar-refractivity contribution in [3.8, 4) is 11.5 Å². The molecule has 2 heterocycles. The first-order chi connectivity index (χ1) is 18.0. The highest BCUT2D eigenvalue weighted by Gasteiger charge is 2.35. The van der Waals surface area contributed by atoms with Crippen LogP contribution in [0.5, 0.6) is 11.5 Å². The van der Waals surface area contributed by atoms with Gasteiger partial charge in [-0.05, 0) is 56.0 Å². The molecule has 3 N–H and O–H groups in total. The molecule has 4 rings (SSSR count). The van der Waals surface area contributed by atoms with Gasteiger partial charge in [0.05, 0.1) is 19.1 Å². The van der Waals surface area contributed by atoms with Crippen molar-refractivity contribution in [1.29, 1.82) is 0 Å². The third kappa shape index (κ3) is 6.00. The van der Waals surface area contributed by atoms with Gasteiger partial charge in [0, 0.05) is 28.8 Å². The van der Waals surface area contributed by atoms with Gasteiger partial charge in [-0.15, -0.1) is 0 Å². The van der Waals surface area contributed by atoms with Crippen molar-refractivity contribution in [1.82, 2.24) is 9.55 Å². The van der Waals surface area contributed by atoms with Crippen LogP contribution in [0.2, 0.25) is 5.02 Å². The summed E-state index contributed by atoms with van der Waals surface area (Å²) in [5, 5.41) is 10.1. The predicted molar refractivity (Wildman–Crippen MR) is 142 cm³/mol. The Balaban J connectivity index is 1.74. The van der Waals surface area contributed by atoms with Crippen molar-refractivity contribution >= 4 is 17.6 Å². The molecule has 0 radical (unpaired) electrons. The number of hydrogen-bond donors (Lipinski definition) is 3. The molecule has 3 atom stereocenters. The van der Waals surface area contributed by atoms with Crippen molar-refractivity contribution in [3.63, 3.8) is 0 Å². The van der Waals surface area contributed by atoms with Crippen LogP contribution in [0.15, 0.2) is 52.2 Å². The van der Waals surface area contributed by atoms with Crippen molar-refractivity contribution in [2.75, 3.05) is 13.1 Å². The first kappa shape index (κ1) is 27.6. The quantitative estimate of drug-likeness (QED) is 0.395. The molecule has 2 aromatic carbocycles. The fraction of sp³-hybridized carbons (Fsp3) is 0.393. The van der Waals surface area contributed by atoms with Crippen molar-refractivity contribution in [3.05, 3.63) is 91.0 Å². The minimum absolute atomic E-state index is 0.167. The molecule has 1 aliphatic rings. The first-order valence-electron chi connectivity index (χ1n) is 12.7. The maximum atomic E-state index is 16.2. The number of benzene rings is 2. The lowest BCUT2D eigenvalue weighted by atomic mass is 9.91. The number of quaternary nitrogens is 1. The van der Waals surface area contributed by atoms with Crippen LogP contribution in [-0.4, -0.2) is 33.7 Å². The third-order valence-corrected chi connectivity index (χ3v) is 7.26. The maximum Gasteiger partial charge on any atom is 0.339 e. The van der Waals surface area contributed by atoms with Gasteiger partial charge in [0.15, 0.2) is 11.6 Å². The highest BCUT2D eigenvalue weighted by atomic mass is 35.5. The summed E-state index contributed by atoms with van der Waals surface area (Å²) < 4.78 is 23.5. The summed E-state index contributed by atoms with van der Waals surface area (Å²) in [4.78, 5) is 39.8. The summed E-state index contributed by atoms with van der Waals surface area (Å²) in [5.74, 6) is -1.92. The minimum Gasteiger partial charge on any atom is -0.478 e. The van der Waals surface area contributed by atoms with Crippen molar-refractivity contribution in [2.24, 2.45) is 5.92 Å². The summed E-state index contributed by atoms with van der Waals surface area (Å²) >= 11 is 6.05. The van der Waals surface area contributed by atoms with E-state index in [-0.39, 0.29) is 35.1 Å². The van der Waals surface area contributed by atoms with E-state index >= 15 is 4.39 Å². The van der Waals surface area contributed by atoms with Gasteiger partial charge in [-0.1, -0.05) is 31.5 Å². The molecule has 3 aromatic rings. The highest BCUT2D eigenvalue weighted by Crippen LogP contribution is 2.35. The molecule has 0 saturated carbocycles. The second-order valence-corrected chi connectivity index (χ2v) is 10.7. The number of hydrogen-bond acceptors (Lipinski definition) is 4. The fourth-order valence-corrected chi connectivity index (χ4v) is 5.40. The summed E-state index contributed by atoms with van der Waals surface area (Å²) in [7, 11) is 0. The second-order valence-electron chi connectivity index (χ2n) is 10.3. The largest absolute Gasteiger partial charge is 0.478 e. The number of nitrogens with zero attached hydrogens (tertiary/aromatic N) is 1. The monoisotopic (exact) mass is 544 g/mol. The maximum absolute atomic E-state index is 16.2. The number of aromatic nitrogens is 2. The molecule has 202 valence electrons.